The van der Waals surface area contributed by atoms with E-state index in [9.17, 15) is 0 Å². The van der Waals surface area contributed by atoms with Crippen molar-refractivity contribution in [3.63, 3.8) is 0 Å². The van der Waals surface area contributed by atoms with Crippen LogP contribution < -0.4 is 5.73 Å². The summed E-state index contributed by atoms with van der Waals surface area (Å²) in [4.78, 5) is 3.35. The third kappa shape index (κ3) is 2.60. The second kappa shape index (κ2) is 6.06. The monoisotopic (exact) mass is 359 g/mol. The minimum Gasteiger partial charge on any atom is -0.419 e. The van der Waals surface area contributed by atoms with Crippen LogP contribution in [0.3, 0.4) is 0 Å². The van der Waals surface area contributed by atoms with E-state index >= 15 is 0 Å². The van der Waals surface area contributed by atoms with Gasteiger partial charge in [-0.2, -0.15) is 0 Å². The van der Waals surface area contributed by atoms with Crippen LogP contribution in [0.4, 0.5) is 0 Å². The number of aromatic amines is 1. The Labute approximate surface area is 137 Å². The summed E-state index contributed by atoms with van der Waals surface area (Å²) in [7, 11) is 0. The van der Waals surface area contributed by atoms with Gasteiger partial charge in [0.05, 0.1) is 0 Å². The number of aryl methyl sites for hydroxylation is 1. The van der Waals surface area contributed by atoms with Crippen molar-refractivity contribution in [2.75, 3.05) is 6.54 Å². The average Bonchev–Trinajstić information content (AvgIpc) is 3.06. The summed E-state index contributed by atoms with van der Waals surface area (Å²) in [6, 6.07) is 8.90. The number of nitrogens with zero attached hydrogens (tertiary/aromatic N) is 2. The van der Waals surface area contributed by atoms with E-state index in [-0.39, 0.29) is 0 Å². The third-order valence-electron chi connectivity index (χ3n) is 3.56. The molecule has 0 bridgehead atoms. The van der Waals surface area contributed by atoms with Gasteiger partial charge in [-0.15, -0.1) is 10.2 Å². The topological polar surface area (TPSA) is 80.7 Å². The molecule has 113 valence electrons. The van der Waals surface area contributed by atoms with Gasteiger partial charge in [-0.05, 0) is 37.1 Å². The Hall–Kier alpha value is -1.92. The lowest BCUT2D eigenvalue weighted by Crippen LogP contribution is -2.02. The van der Waals surface area contributed by atoms with Gasteiger partial charge in [0.2, 0.25) is 5.89 Å². The van der Waals surface area contributed by atoms with Gasteiger partial charge in [0.25, 0.3) is 5.89 Å². The molecule has 22 heavy (non-hydrogen) atoms. The first-order valence-corrected chi connectivity index (χ1v) is 7.79. The van der Waals surface area contributed by atoms with Crippen LogP contribution in [0.1, 0.15) is 17.1 Å². The van der Waals surface area contributed by atoms with E-state index in [1.165, 1.54) is 0 Å². The summed E-state index contributed by atoms with van der Waals surface area (Å²) in [6.07, 6.45) is 0.582. The Morgan fingerprint density at radius 3 is 2.91 bits per heavy atom. The van der Waals surface area contributed by atoms with Gasteiger partial charge in [-0.1, -0.05) is 28.1 Å². The van der Waals surface area contributed by atoms with Crippen LogP contribution >= 0.6 is 15.9 Å². The molecule has 0 atom stereocenters. The zero-order valence-corrected chi connectivity index (χ0v) is 14.0. The van der Waals surface area contributed by atoms with E-state index in [0.717, 1.165) is 32.6 Å². The predicted octanol–water partition coefficient (Wildman–Crippen LogP) is 3.41. The molecule has 0 unspecified atom stereocenters. The number of halogens is 1. The second-order valence-electron chi connectivity index (χ2n) is 5.07. The van der Waals surface area contributed by atoms with Crippen molar-refractivity contribution >= 4 is 15.9 Å². The average molecular weight is 360 g/mol. The van der Waals surface area contributed by atoms with E-state index in [0.29, 0.717) is 24.7 Å². The molecule has 1 radical (unpaired) electrons. The number of hydrogen-bond acceptors (Lipinski definition) is 4. The molecule has 0 fully saturated rings. The van der Waals surface area contributed by atoms with Crippen LogP contribution in [0.25, 0.3) is 22.7 Å². The highest BCUT2D eigenvalue weighted by Crippen LogP contribution is 2.37. The van der Waals surface area contributed by atoms with Gasteiger partial charge in [0.1, 0.15) is 5.69 Å². The normalized spacial score (nSPS) is 11.1. The number of H-pyrrole nitrogens is 1. The molecule has 0 aliphatic heterocycles. The maximum Gasteiger partial charge on any atom is 0.264 e. The Bertz CT molecular complexity index is 806. The van der Waals surface area contributed by atoms with E-state index in [1.807, 2.05) is 32.0 Å². The largest absolute Gasteiger partial charge is 0.419 e. The van der Waals surface area contributed by atoms with Crippen molar-refractivity contribution in [2.24, 2.45) is 5.73 Å². The fraction of sp³-hybridized carbons (Fsp3) is 0.250. The number of hydrogen-bond donors (Lipinski definition) is 2. The molecule has 0 saturated carbocycles. The molecule has 2 aromatic heterocycles. The van der Waals surface area contributed by atoms with E-state index in [1.54, 1.807) is 0 Å². The Morgan fingerprint density at radius 2 is 2.18 bits per heavy atom. The minimum absolute atomic E-state index is 0.489. The van der Waals surface area contributed by atoms with Gasteiger partial charge < -0.3 is 15.1 Å². The van der Waals surface area contributed by atoms with Gasteiger partial charge >= 0.3 is 0 Å². The lowest BCUT2D eigenvalue weighted by Gasteiger charge is -2.05. The van der Waals surface area contributed by atoms with E-state index < -0.39 is 0 Å². The summed E-state index contributed by atoms with van der Waals surface area (Å²) in [5.41, 5.74) is 10.7. The van der Waals surface area contributed by atoms with Crippen molar-refractivity contribution in [3.8, 4) is 22.7 Å². The van der Waals surface area contributed by atoms with Gasteiger partial charge in [0.15, 0.2) is 0 Å². The van der Waals surface area contributed by atoms with Crippen molar-refractivity contribution in [2.45, 2.75) is 20.3 Å². The first-order valence-electron chi connectivity index (χ1n) is 6.99. The van der Waals surface area contributed by atoms with E-state index in [2.05, 4.69) is 37.2 Å². The van der Waals surface area contributed by atoms with Crippen LogP contribution in [0.2, 0.25) is 0 Å². The Morgan fingerprint density at radius 1 is 1.36 bits per heavy atom. The van der Waals surface area contributed by atoms with Crippen LogP contribution in [-0.4, -0.2) is 21.7 Å². The maximum atomic E-state index is 5.67. The first-order chi connectivity index (χ1) is 10.6. The molecule has 5 nitrogen and oxygen atoms in total. The molecule has 1 aromatic carbocycles. The Kier molecular flexibility index (Phi) is 4.13. The molecule has 3 rings (SSSR count). The van der Waals surface area contributed by atoms with Crippen molar-refractivity contribution < 1.29 is 4.42 Å². The highest BCUT2D eigenvalue weighted by atomic mass is 79.9. The second-order valence-corrected chi connectivity index (χ2v) is 5.92. The molecule has 0 aliphatic carbocycles. The molecular formula is C16H16BrN4O. The molecule has 2 heterocycles. The molecular weight excluding hydrogens is 344 g/mol. The predicted molar refractivity (Wildman–Crippen MR) is 88.3 cm³/mol. The van der Waals surface area contributed by atoms with Crippen LogP contribution in [0.5, 0.6) is 0 Å². The van der Waals surface area contributed by atoms with Crippen molar-refractivity contribution in [1.82, 2.24) is 15.2 Å². The number of aromatic nitrogens is 3. The summed E-state index contributed by atoms with van der Waals surface area (Å²) >= 11 is 3.58. The molecule has 0 amide bonds. The summed E-state index contributed by atoms with van der Waals surface area (Å²) < 4.78 is 6.68. The van der Waals surface area contributed by atoms with Gasteiger partial charge in [0, 0.05) is 28.7 Å². The zero-order chi connectivity index (χ0) is 15.7. The third-order valence-corrected chi connectivity index (χ3v) is 4.22. The number of nitrogens with one attached hydrogen (secondary N) is 1. The fourth-order valence-corrected chi connectivity index (χ4v) is 3.02. The maximum absolute atomic E-state index is 5.67. The molecule has 0 saturated heterocycles. The standard InChI is InChI=1S/C16H16BrN4O/c1-9-14(11-5-3-4-6-12(11)17)10(2)19-15(9)16-21-20-13(22-16)7-8-18/h3,5-6,19H,7-8,18H2,1-2H3. The zero-order valence-electron chi connectivity index (χ0n) is 12.4. The lowest BCUT2D eigenvalue weighted by molar-refractivity contribution is 0.505. The number of nitrogens with two attached hydrogens (primary N) is 1. The summed E-state index contributed by atoms with van der Waals surface area (Å²) in [5, 5.41) is 8.14. The molecule has 3 N–H and O–H groups in total. The highest BCUT2D eigenvalue weighted by molar-refractivity contribution is 9.10. The highest BCUT2D eigenvalue weighted by Gasteiger charge is 2.19. The SMILES string of the molecule is Cc1[nH]c(-c2nnc(CCN)o2)c(C)c1-c1cc[c]cc1Br. The Balaban J connectivity index is 2.08. The van der Waals surface area contributed by atoms with Crippen LogP contribution in [-0.2, 0) is 6.42 Å². The smallest absolute Gasteiger partial charge is 0.264 e. The van der Waals surface area contributed by atoms with Crippen LogP contribution in [0.15, 0.2) is 27.1 Å². The number of benzene rings is 1. The van der Waals surface area contributed by atoms with Crippen LogP contribution in [0, 0.1) is 19.9 Å². The van der Waals surface area contributed by atoms with Crippen molar-refractivity contribution in [1.29, 1.82) is 0 Å². The molecule has 0 aliphatic rings. The lowest BCUT2D eigenvalue weighted by atomic mass is 10.0. The van der Waals surface area contributed by atoms with Gasteiger partial charge in [-0.25, -0.2) is 0 Å². The quantitative estimate of drug-likeness (QED) is 0.747. The minimum atomic E-state index is 0.489. The summed E-state index contributed by atoms with van der Waals surface area (Å²) in [5.74, 6) is 1.05. The van der Waals surface area contributed by atoms with Crippen molar-refractivity contribution in [3.05, 3.63) is 45.9 Å². The molecule has 0 spiro atoms. The number of rotatable bonds is 4. The van der Waals surface area contributed by atoms with E-state index in [4.69, 9.17) is 10.2 Å². The molecule has 3 aromatic rings. The fourth-order valence-electron chi connectivity index (χ4n) is 2.56. The molecule has 6 heteroatoms. The first kappa shape index (κ1) is 15.0. The van der Waals surface area contributed by atoms with Gasteiger partial charge in [-0.3, -0.25) is 0 Å². The summed E-state index contributed by atoms with van der Waals surface area (Å²) in [6.45, 7) is 4.57.